The van der Waals surface area contributed by atoms with Crippen LogP contribution in [-0.2, 0) is 4.79 Å². The average molecular weight is 387 g/mol. The topological polar surface area (TPSA) is 76.2 Å². The predicted molar refractivity (Wildman–Crippen MR) is 113 cm³/mol. The number of fused-ring (bicyclic) bond motifs is 1. The van der Waals surface area contributed by atoms with Crippen LogP contribution in [0.25, 0.3) is 22.4 Å². The first kappa shape index (κ1) is 18.6. The van der Waals surface area contributed by atoms with E-state index >= 15 is 0 Å². The van der Waals surface area contributed by atoms with Gasteiger partial charge in [0.25, 0.3) is 5.91 Å². The number of rotatable bonds is 6. The maximum absolute atomic E-state index is 12.4. The summed E-state index contributed by atoms with van der Waals surface area (Å²) in [6, 6.07) is 20.9. The fourth-order valence-electron chi connectivity index (χ4n) is 3.09. The number of nitrogens with one attached hydrogen (secondary N) is 2. The highest BCUT2D eigenvalue weighted by atomic mass is 16.5. The fourth-order valence-corrected chi connectivity index (χ4v) is 3.09. The van der Waals surface area contributed by atoms with Crippen molar-refractivity contribution in [3.63, 3.8) is 0 Å². The number of carbonyl (C=O) groups excluding carboxylic acids is 1. The SMILES string of the molecule is COc1ccc(-c2nc3ccccc3[nH]2)cc1NC(=O)COc1ccccc1C. The molecule has 4 rings (SSSR count). The van der Waals surface area contributed by atoms with E-state index in [0.29, 0.717) is 17.2 Å². The zero-order valence-electron chi connectivity index (χ0n) is 16.2. The molecule has 0 bridgehead atoms. The second kappa shape index (κ2) is 8.06. The van der Waals surface area contributed by atoms with Gasteiger partial charge in [-0.1, -0.05) is 30.3 Å². The summed E-state index contributed by atoms with van der Waals surface area (Å²) in [6.07, 6.45) is 0. The Bertz CT molecular complexity index is 1130. The zero-order chi connectivity index (χ0) is 20.2. The maximum atomic E-state index is 12.4. The highest BCUT2D eigenvalue weighted by Crippen LogP contribution is 2.30. The van der Waals surface area contributed by atoms with Crippen molar-refractivity contribution in [1.29, 1.82) is 0 Å². The van der Waals surface area contributed by atoms with Crippen molar-refractivity contribution in [2.45, 2.75) is 6.92 Å². The molecule has 0 atom stereocenters. The molecule has 0 aliphatic rings. The Kier molecular flexibility index (Phi) is 5.16. The van der Waals surface area contributed by atoms with Crippen molar-refractivity contribution in [3.05, 3.63) is 72.3 Å². The van der Waals surface area contributed by atoms with Gasteiger partial charge in [0, 0.05) is 5.56 Å². The molecule has 29 heavy (non-hydrogen) atoms. The molecule has 6 heteroatoms. The summed E-state index contributed by atoms with van der Waals surface area (Å²) < 4.78 is 11.0. The smallest absolute Gasteiger partial charge is 0.262 e. The van der Waals surface area contributed by atoms with Gasteiger partial charge in [-0.15, -0.1) is 0 Å². The summed E-state index contributed by atoms with van der Waals surface area (Å²) in [5, 5.41) is 2.86. The van der Waals surface area contributed by atoms with Crippen LogP contribution in [0.5, 0.6) is 11.5 Å². The normalized spacial score (nSPS) is 10.7. The summed E-state index contributed by atoms with van der Waals surface area (Å²) in [5.74, 6) is 1.70. The van der Waals surface area contributed by atoms with Gasteiger partial charge in [-0.2, -0.15) is 0 Å². The van der Waals surface area contributed by atoms with Crippen LogP contribution in [-0.4, -0.2) is 29.6 Å². The molecule has 0 radical (unpaired) electrons. The second-order valence-corrected chi connectivity index (χ2v) is 6.62. The molecule has 0 fully saturated rings. The number of para-hydroxylation sites is 3. The number of aryl methyl sites for hydroxylation is 1. The number of aromatic nitrogens is 2. The van der Waals surface area contributed by atoms with Crippen molar-refractivity contribution >= 4 is 22.6 Å². The molecule has 0 unspecified atom stereocenters. The number of benzene rings is 3. The van der Waals surface area contributed by atoms with Gasteiger partial charge >= 0.3 is 0 Å². The van der Waals surface area contributed by atoms with E-state index < -0.39 is 0 Å². The van der Waals surface area contributed by atoms with Crippen LogP contribution in [0, 0.1) is 6.92 Å². The van der Waals surface area contributed by atoms with Crippen LogP contribution in [0.2, 0.25) is 0 Å². The molecule has 1 heterocycles. The van der Waals surface area contributed by atoms with Gasteiger partial charge in [0.05, 0.1) is 23.8 Å². The van der Waals surface area contributed by atoms with Crippen molar-refractivity contribution < 1.29 is 14.3 Å². The lowest BCUT2D eigenvalue weighted by molar-refractivity contribution is -0.118. The summed E-state index contributed by atoms with van der Waals surface area (Å²) in [5.41, 5.74) is 4.22. The minimum Gasteiger partial charge on any atom is -0.495 e. The third kappa shape index (κ3) is 4.06. The van der Waals surface area contributed by atoms with E-state index in [4.69, 9.17) is 9.47 Å². The number of aromatic amines is 1. The molecule has 1 amide bonds. The molecule has 146 valence electrons. The van der Waals surface area contributed by atoms with Crippen LogP contribution >= 0.6 is 0 Å². The van der Waals surface area contributed by atoms with Crippen molar-refractivity contribution in [2.24, 2.45) is 0 Å². The summed E-state index contributed by atoms with van der Waals surface area (Å²) in [7, 11) is 1.57. The van der Waals surface area contributed by atoms with Gasteiger partial charge < -0.3 is 19.8 Å². The van der Waals surface area contributed by atoms with Gasteiger partial charge in [0.1, 0.15) is 17.3 Å². The number of methoxy groups -OCH3 is 1. The van der Waals surface area contributed by atoms with E-state index in [0.717, 1.165) is 28.0 Å². The van der Waals surface area contributed by atoms with E-state index in [1.807, 2.05) is 67.6 Å². The second-order valence-electron chi connectivity index (χ2n) is 6.62. The first-order chi connectivity index (χ1) is 14.1. The average Bonchev–Trinajstić information content (AvgIpc) is 3.17. The largest absolute Gasteiger partial charge is 0.495 e. The number of hydrogen-bond donors (Lipinski definition) is 2. The Morgan fingerprint density at radius 3 is 2.62 bits per heavy atom. The molecule has 0 aliphatic heterocycles. The highest BCUT2D eigenvalue weighted by Gasteiger charge is 2.12. The number of nitrogens with zero attached hydrogens (tertiary/aromatic N) is 1. The Hall–Kier alpha value is -3.80. The molecule has 4 aromatic rings. The fraction of sp³-hybridized carbons (Fsp3) is 0.130. The summed E-state index contributed by atoms with van der Waals surface area (Å²) >= 11 is 0. The molecule has 0 aliphatic carbocycles. The zero-order valence-corrected chi connectivity index (χ0v) is 16.2. The first-order valence-electron chi connectivity index (χ1n) is 9.25. The summed E-state index contributed by atoms with van der Waals surface area (Å²) in [4.78, 5) is 20.3. The Labute approximate surface area is 168 Å². The summed E-state index contributed by atoms with van der Waals surface area (Å²) in [6.45, 7) is 1.84. The van der Waals surface area contributed by atoms with Crippen LogP contribution in [0.15, 0.2) is 66.7 Å². The minimum absolute atomic E-state index is 0.0944. The first-order valence-corrected chi connectivity index (χ1v) is 9.25. The van der Waals surface area contributed by atoms with Gasteiger partial charge in [-0.05, 0) is 48.9 Å². The molecule has 6 nitrogen and oxygen atoms in total. The van der Waals surface area contributed by atoms with Crippen LogP contribution < -0.4 is 14.8 Å². The number of hydrogen-bond acceptors (Lipinski definition) is 4. The molecule has 3 aromatic carbocycles. The van der Waals surface area contributed by atoms with Crippen LogP contribution in [0.4, 0.5) is 5.69 Å². The molecule has 0 spiro atoms. The van der Waals surface area contributed by atoms with Crippen LogP contribution in [0.1, 0.15) is 5.56 Å². The monoisotopic (exact) mass is 387 g/mol. The predicted octanol–water partition coefficient (Wildman–Crippen LogP) is 4.56. The lowest BCUT2D eigenvalue weighted by Crippen LogP contribution is -2.20. The number of ether oxygens (including phenoxy) is 2. The molecule has 1 aromatic heterocycles. The van der Waals surface area contributed by atoms with Gasteiger partial charge in [-0.25, -0.2) is 4.98 Å². The van der Waals surface area contributed by atoms with E-state index in [1.54, 1.807) is 13.2 Å². The Morgan fingerprint density at radius 2 is 1.83 bits per heavy atom. The molecule has 0 saturated heterocycles. The molecule has 2 N–H and O–H groups in total. The van der Waals surface area contributed by atoms with E-state index in [-0.39, 0.29) is 12.5 Å². The van der Waals surface area contributed by atoms with Crippen LogP contribution in [0.3, 0.4) is 0 Å². The van der Waals surface area contributed by atoms with Gasteiger partial charge in [0.15, 0.2) is 6.61 Å². The molecule has 0 saturated carbocycles. The maximum Gasteiger partial charge on any atom is 0.262 e. The Balaban J connectivity index is 1.53. The van der Waals surface area contributed by atoms with Gasteiger partial charge in [-0.3, -0.25) is 4.79 Å². The number of amides is 1. The van der Waals surface area contributed by atoms with Crippen molar-refractivity contribution in [1.82, 2.24) is 9.97 Å². The van der Waals surface area contributed by atoms with Crippen molar-refractivity contribution in [2.75, 3.05) is 19.0 Å². The lowest BCUT2D eigenvalue weighted by Gasteiger charge is -2.13. The molecular weight excluding hydrogens is 366 g/mol. The van der Waals surface area contributed by atoms with Crippen molar-refractivity contribution in [3.8, 4) is 22.9 Å². The number of carbonyl (C=O) groups is 1. The third-order valence-corrected chi connectivity index (χ3v) is 4.59. The van der Waals surface area contributed by atoms with E-state index in [9.17, 15) is 4.79 Å². The number of imidazole rings is 1. The standard InChI is InChI=1S/C23H21N3O3/c1-15-7-3-6-10-20(15)29-14-22(27)24-19-13-16(11-12-21(19)28-2)23-25-17-8-4-5-9-18(17)26-23/h3-13H,14H2,1-2H3,(H,24,27)(H,25,26). The van der Waals surface area contributed by atoms with E-state index in [2.05, 4.69) is 15.3 Å². The quantitative estimate of drug-likeness (QED) is 0.508. The third-order valence-electron chi connectivity index (χ3n) is 4.59. The highest BCUT2D eigenvalue weighted by molar-refractivity contribution is 5.94. The minimum atomic E-state index is -0.270. The Morgan fingerprint density at radius 1 is 1.03 bits per heavy atom. The van der Waals surface area contributed by atoms with E-state index in [1.165, 1.54) is 0 Å². The van der Waals surface area contributed by atoms with Gasteiger partial charge in [0.2, 0.25) is 0 Å². The lowest BCUT2D eigenvalue weighted by atomic mass is 10.1. The number of anilines is 1. The molecular formula is C23H21N3O3. The number of H-pyrrole nitrogens is 1.